The van der Waals surface area contributed by atoms with E-state index in [1.54, 1.807) is 0 Å². The maximum atomic E-state index is 11.1. The summed E-state index contributed by atoms with van der Waals surface area (Å²) in [4.78, 5) is 3.28. The van der Waals surface area contributed by atoms with E-state index < -0.39 is 0 Å². The first-order valence-electron chi connectivity index (χ1n) is 10.2. The number of aromatic nitrogens is 1. The Labute approximate surface area is 174 Å². The first kappa shape index (κ1) is 20.9. The van der Waals surface area contributed by atoms with E-state index in [0.29, 0.717) is 5.75 Å². The van der Waals surface area contributed by atoms with Crippen molar-refractivity contribution in [3.63, 3.8) is 0 Å². The maximum Gasteiger partial charge on any atom is 0.272 e. The zero-order chi connectivity index (χ0) is 21.2. The maximum absolute atomic E-state index is 11.1. The van der Waals surface area contributed by atoms with Crippen LogP contribution in [0.1, 0.15) is 69.8 Å². The average molecular weight is 390 g/mol. The molecule has 3 heteroatoms. The first-order chi connectivity index (χ1) is 13.6. The largest absolute Gasteiger partial charge is 0.507 e. The van der Waals surface area contributed by atoms with Crippen molar-refractivity contribution in [3.8, 4) is 5.75 Å². The van der Waals surface area contributed by atoms with E-state index in [1.807, 2.05) is 30.5 Å². The van der Waals surface area contributed by atoms with E-state index in [4.69, 9.17) is 0 Å². The van der Waals surface area contributed by atoms with Gasteiger partial charge >= 0.3 is 0 Å². The van der Waals surface area contributed by atoms with Gasteiger partial charge in [0.2, 0.25) is 0 Å². The molecule has 0 amide bonds. The predicted molar refractivity (Wildman–Crippen MR) is 120 cm³/mol. The molecular weight excluding hydrogens is 356 g/mol. The molecule has 3 nitrogen and oxygen atoms in total. The van der Waals surface area contributed by atoms with Crippen LogP contribution in [0.3, 0.4) is 0 Å². The molecule has 0 spiro atoms. The van der Waals surface area contributed by atoms with Crippen LogP contribution in [0.15, 0.2) is 66.9 Å². The minimum atomic E-state index is -0.166. The zero-order valence-electron chi connectivity index (χ0n) is 18.4. The van der Waals surface area contributed by atoms with Crippen LogP contribution in [-0.2, 0) is 10.8 Å². The number of aromatic hydroxyl groups is 1. The summed E-state index contributed by atoms with van der Waals surface area (Å²) in [5.41, 5.74) is 3.93. The summed E-state index contributed by atoms with van der Waals surface area (Å²) < 4.78 is 0. The molecule has 3 N–H and O–H groups in total. The fourth-order valence-electron chi connectivity index (χ4n) is 3.61. The number of anilines is 1. The van der Waals surface area contributed by atoms with Gasteiger partial charge in [0.15, 0.2) is 0 Å². The molecule has 1 aromatic heterocycles. The Hall–Kier alpha value is -2.81. The lowest BCUT2D eigenvalue weighted by atomic mass is 9.77. The fraction of sp³-hybridized carbons (Fsp3) is 0.346. The van der Waals surface area contributed by atoms with Crippen molar-refractivity contribution in [3.05, 3.63) is 89.1 Å². The van der Waals surface area contributed by atoms with Gasteiger partial charge in [-0.1, -0.05) is 77.9 Å². The lowest BCUT2D eigenvalue weighted by molar-refractivity contribution is -0.361. The first-order valence-corrected chi connectivity index (χ1v) is 10.2. The summed E-state index contributed by atoms with van der Waals surface area (Å²) in [7, 11) is 0. The zero-order valence-corrected chi connectivity index (χ0v) is 18.4. The molecule has 0 aliphatic carbocycles. The second kappa shape index (κ2) is 7.90. The minimum Gasteiger partial charge on any atom is -0.507 e. The molecule has 2 aromatic carbocycles. The summed E-state index contributed by atoms with van der Waals surface area (Å²) in [6.45, 7) is 12.9. The Bertz CT molecular complexity index is 916. The molecule has 0 bridgehead atoms. The molecule has 0 saturated carbocycles. The van der Waals surface area contributed by atoms with E-state index in [2.05, 4.69) is 88.2 Å². The number of aromatic amines is 1. The van der Waals surface area contributed by atoms with Gasteiger partial charge < -0.3 is 5.11 Å². The molecule has 1 atom stereocenters. The Kier molecular flexibility index (Phi) is 5.70. The lowest BCUT2D eigenvalue weighted by Crippen LogP contribution is -2.22. The average Bonchev–Trinajstić information content (AvgIpc) is 2.66. The van der Waals surface area contributed by atoms with Gasteiger partial charge in [0.1, 0.15) is 11.8 Å². The standard InChI is InChI=1S/C26H32N2O/c1-25(2,3)20-16-19(17-21(24(20)29)26(4,5)6)23(18-12-8-7-9-13-18)28-22-14-10-11-15-27-22/h7-17,23,29H,1-6H3,(H,27,28)/p+1/t23-/m0/s1. The van der Waals surface area contributed by atoms with E-state index in [1.165, 1.54) is 5.56 Å². The van der Waals surface area contributed by atoms with E-state index in [9.17, 15) is 5.11 Å². The van der Waals surface area contributed by atoms with E-state index >= 15 is 0 Å². The Morgan fingerprint density at radius 2 is 1.31 bits per heavy atom. The van der Waals surface area contributed by atoms with E-state index in [0.717, 1.165) is 22.5 Å². The van der Waals surface area contributed by atoms with Gasteiger partial charge in [-0.2, -0.15) is 0 Å². The molecule has 0 aliphatic heterocycles. The van der Waals surface area contributed by atoms with Gasteiger partial charge in [-0.15, -0.1) is 0 Å². The number of hydrogen-bond donors (Lipinski definition) is 2. The number of phenolic OH excluding ortho intramolecular Hbond substituents is 1. The van der Waals surface area contributed by atoms with Crippen LogP contribution in [0.5, 0.6) is 5.75 Å². The summed E-state index contributed by atoms with van der Waals surface area (Å²) in [6, 6.07) is 20.7. The van der Waals surface area contributed by atoms with E-state index in [-0.39, 0.29) is 16.9 Å². The number of hydrogen-bond acceptors (Lipinski definition) is 2. The topological polar surface area (TPSA) is 46.4 Å². The SMILES string of the molecule is CC(C)(C)c1cc([C@@H](Nc2cccc[nH+]2)c2ccccc2)cc(C(C)(C)C)c1O. The molecule has 29 heavy (non-hydrogen) atoms. The van der Waals surface area contributed by atoms with Gasteiger partial charge in [-0.05, 0) is 40.2 Å². The molecule has 1 heterocycles. The molecule has 3 rings (SSSR count). The van der Waals surface area contributed by atoms with Crippen molar-refractivity contribution in [2.75, 3.05) is 5.32 Å². The van der Waals surface area contributed by atoms with Gasteiger partial charge in [-0.3, -0.25) is 5.32 Å². The van der Waals surface area contributed by atoms with Crippen LogP contribution in [0.2, 0.25) is 0 Å². The summed E-state index contributed by atoms with van der Waals surface area (Å²) >= 11 is 0. The van der Waals surface area contributed by atoms with Gasteiger partial charge in [-0.25, -0.2) is 4.98 Å². The highest BCUT2D eigenvalue weighted by Gasteiger charge is 2.30. The van der Waals surface area contributed by atoms with Crippen molar-refractivity contribution in [2.45, 2.75) is 58.4 Å². The highest BCUT2D eigenvalue weighted by atomic mass is 16.3. The number of rotatable bonds is 4. The monoisotopic (exact) mass is 389 g/mol. The van der Waals surface area contributed by atoms with Gasteiger partial charge in [0.25, 0.3) is 5.82 Å². The van der Waals surface area contributed by atoms with Crippen molar-refractivity contribution < 1.29 is 10.1 Å². The van der Waals surface area contributed by atoms with Gasteiger partial charge in [0, 0.05) is 17.2 Å². The fourth-order valence-corrected chi connectivity index (χ4v) is 3.61. The van der Waals surface area contributed by atoms with Crippen molar-refractivity contribution >= 4 is 5.82 Å². The van der Waals surface area contributed by atoms with Gasteiger partial charge in [0.05, 0.1) is 6.20 Å². The second-order valence-corrected chi connectivity index (χ2v) is 9.73. The third-order valence-electron chi connectivity index (χ3n) is 5.22. The lowest BCUT2D eigenvalue weighted by Gasteiger charge is -2.29. The molecule has 3 aromatic rings. The molecule has 152 valence electrons. The number of pyridine rings is 1. The normalized spacial score (nSPS) is 13.2. The van der Waals surface area contributed by atoms with Crippen molar-refractivity contribution in [1.82, 2.24) is 0 Å². The predicted octanol–water partition coefficient (Wildman–Crippen LogP) is 6.00. The second-order valence-electron chi connectivity index (χ2n) is 9.73. The quantitative estimate of drug-likeness (QED) is 0.574. The Balaban J connectivity index is 2.21. The van der Waals surface area contributed by atoms with Crippen LogP contribution in [0.25, 0.3) is 0 Å². The Morgan fingerprint density at radius 1 is 0.759 bits per heavy atom. The number of phenols is 1. The molecule has 0 aliphatic rings. The number of nitrogens with one attached hydrogen (secondary N) is 2. The molecule has 0 unspecified atom stereocenters. The molecular formula is C26H33N2O+. The highest BCUT2D eigenvalue weighted by Crippen LogP contribution is 2.42. The van der Waals surface area contributed by atoms with Crippen LogP contribution in [-0.4, -0.2) is 5.11 Å². The van der Waals surface area contributed by atoms with Crippen LogP contribution in [0, 0.1) is 0 Å². The number of benzene rings is 2. The third-order valence-corrected chi connectivity index (χ3v) is 5.22. The highest BCUT2D eigenvalue weighted by molar-refractivity contribution is 5.53. The van der Waals surface area contributed by atoms with Crippen LogP contribution in [0.4, 0.5) is 5.82 Å². The molecule has 0 radical (unpaired) electrons. The smallest absolute Gasteiger partial charge is 0.272 e. The molecule has 0 fully saturated rings. The minimum absolute atomic E-state index is 0.0438. The third kappa shape index (κ3) is 4.79. The molecule has 0 saturated heterocycles. The Morgan fingerprint density at radius 3 is 1.79 bits per heavy atom. The van der Waals surface area contributed by atoms with Crippen LogP contribution < -0.4 is 10.3 Å². The summed E-state index contributed by atoms with van der Waals surface area (Å²) in [5.74, 6) is 1.36. The van der Waals surface area contributed by atoms with Crippen molar-refractivity contribution in [1.29, 1.82) is 0 Å². The number of H-pyrrole nitrogens is 1. The summed E-state index contributed by atoms with van der Waals surface area (Å²) in [5, 5.41) is 14.8. The van der Waals surface area contributed by atoms with Crippen LogP contribution >= 0.6 is 0 Å². The summed E-state index contributed by atoms with van der Waals surface area (Å²) in [6.07, 6.45) is 1.92. The van der Waals surface area contributed by atoms with Crippen molar-refractivity contribution in [2.24, 2.45) is 0 Å².